The predicted octanol–water partition coefficient (Wildman–Crippen LogP) is 2.51. The molecule has 2 rings (SSSR count). The number of aromatic nitrogens is 2. The van der Waals surface area contributed by atoms with Crippen LogP contribution in [0.5, 0.6) is 0 Å². The van der Waals surface area contributed by atoms with Crippen LogP contribution >= 0.6 is 43.2 Å². The van der Waals surface area contributed by atoms with Gasteiger partial charge in [-0.1, -0.05) is 0 Å². The van der Waals surface area contributed by atoms with Crippen LogP contribution < -0.4 is 5.56 Å². The Morgan fingerprint density at radius 1 is 1.50 bits per heavy atom. The molecule has 6 heteroatoms. The zero-order chi connectivity index (χ0) is 8.72. The Kier molecular flexibility index (Phi) is 2.05. The monoisotopic (exact) mass is 308 g/mol. The SMILES string of the molecule is O=c1[nH]c2nc(Br)sc2cc1Br. The summed E-state index contributed by atoms with van der Waals surface area (Å²) in [6.45, 7) is 0. The molecule has 0 radical (unpaired) electrons. The number of rotatable bonds is 0. The Morgan fingerprint density at radius 2 is 2.25 bits per heavy atom. The summed E-state index contributed by atoms with van der Waals surface area (Å²) < 4.78 is 2.26. The second-order valence-corrected chi connectivity index (χ2v) is 5.29. The van der Waals surface area contributed by atoms with Crippen LogP contribution in [0, 0.1) is 0 Å². The van der Waals surface area contributed by atoms with E-state index in [4.69, 9.17) is 0 Å². The van der Waals surface area contributed by atoms with Crippen molar-refractivity contribution >= 4 is 53.5 Å². The highest BCUT2D eigenvalue weighted by Crippen LogP contribution is 2.24. The van der Waals surface area contributed by atoms with Crippen LogP contribution in [-0.2, 0) is 0 Å². The number of aromatic amines is 1. The van der Waals surface area contributed by atoms with Crippen LogP contribution in [0.15, 0.2) is 19.3 Å². The Hall–Kier alpha value is -0.200. The summed E-state index contributed by atoms with van der Waals surface area (Å²) in [4.78, 5) is 17.8. The second-order valence-electron chi connectivity index (χ2n) is 2.13. The van der Waals surface area contributed by atoms with Gasteiger partial charge in [-0.15, -0.1) is 11.3 Å². The number of hydrogen-bond donors (Lipinski definition) is 1. The van der Waals surface area contributed by atoms with Crippen LogP contribution in [0.4, 0.5) is 0 Å². The van der Waals surface area contributed by atoms with Crippen LogP contribution in [0.25, 0.3) is 10.3 Å². The fourth-order valence-electron chi connectivity index (χ4n) is 0.840. The zero-order valence-electron chi connectivity index (χ0n) is 5.60. The lowest BCUT2D eigenvalue weighted by Crippen LogP contribution is -2.05. The molecule has 62 valence electrons. The first-order valence-corrected chi connectivity index (χ1v) is 5.42. The van der Waals surface area contributed by atoms with E-state index in [1.165, 1.54) is 11.3 Å². The minimum absolute atomic E-state index is 0.152. The van der Waals surface area contributed by atoms with Crippen molar-refractivity contribution in [2.24, 2.45) is 0 Å². The first-order valence-electron chi connectivity index (χ1n) is 3.01. The molecule has 0 saturated heterocycles. The van der Waals surface area contributed by atoms with E-state index >= 15 is 0 Å². The molecule has 3 nitrogen and oxygen atoms in total. The van der Waals surface area contributed by atoms with Gasteiger partial charge in [-0.3, -0.25) is 4.79 Å². The maximum Gasteiger partial charge on any atom is 0.263 e. The Balaban J connectivity index is 2.92. The summed E-state index contributed by atoms with van der Waals surface area (Å²) in [5, 5.41) is 0. The molecule has 0 saturated carbocycles. The number of pyridine rings is 1. The summed E-state index contributed by atoms with van der Waals surface area (Å²) in [6, 6.07) is 1.76. The van der Waals surface area contributed by atoms with Gasteiger partial charge in [0.1, 0.15) is 0 Å². The third kappa shape index (κ3) is 1.34. The van der Waals surface area contributed by atoms with Crippen molar-refractivity contribution in [1.82, 2.24) is 9.97 Å². The van der Waals surface area contributed by atoms with Gasteiger partial charge in [0, 0.05) is 0 Å². The van der Waals surface area contributed by atoms with Gasteiger partial charge in [0.05, 0.1) is 9.17 Å². The van der Waals surface area contributed by atoms with Crippen LogP contribution in [0.3, 0.4) is 0 Å². The molecule has 0 aromatic carbocycles. The first kappa shape index (κ1) is 8.40. The topological polar surface area (TPSA) is 45.8 Å². The summed E-state index contributed by atoms with van der Waals surface area (Å²) >= 11 is 7.87. The van der Waals surface area contributed by atoms with Gasteiger partial charge in [0.2, 0.25) is 0 Å². The molecule has 0 atom stereocenters. The van der Waals surface area contributed by atoms with Gasteiger partial charge < -0.3 is 4.98 Å². The van der Waals surface area contributed by atoms with Crippen molar-refractivity contribution in [1.29, 1.82) is 0 Å². The molecule has 12 heavy (non-hydrogen) atoms. The lowest BCUT2D eigenvalue weighted by atomic mass is 10.5. The average Bonchev–Trinajstić information content (AvgIpc) is 2.30. The number of nitrogens with one attached hydrogen (secondary N) is 1. The van der Waals surface area contributed by atoms with E-state index in [2.05, 4.69) is 41.8 Å². The minimum Gasteiger partial charge on any atom is -0.305 e. The number of thiazole rings is 1. The van der Waals surface area contributed by atoms with E-state index in [9.17, 15) is 4.79 Å². The summed E-state index contributed by atoms with van der Waals surface area (Å²) in [7, 11) is 0. The van der Waals surface area contributed by atoms with E-state index in [1.807, 2.05) is 0 Å². The van der Waals surface area contributed by atoms with Crippen molar-refractivity contribution in [3.05, 3.63) is 24.8 Å². The largest absolute Gasteiger partial charge is 0.305 e. The van der Waals surface area contributed by atoms with E-state index in [0.717, 1.165) is 8.62 Å². The molecule has 0 amide bonds. The van der Waals surface area contributed by atoms with Crippen LogP contribution in [0.1, 0.15) is 0 Å². The van der Waals surface area contributed by atoms with Crippen LogP contribution in [-0.4, -0.2) is 9.97 Å². The summed E-state index contributed by atoms with van der Waals surface area (Å²) in [6.07, 6.45) is 0. The summed E-state index contributed by atoms with van der Waals surface area (Å²) in [5.41, 5.74) is 0.473. The number of fused-ring (bicyclic) bond motifs is 1. The minimum atomic E-state index is -0.152. The van der Waals surface area contributed by atoms with E-state index in [-0.39, 0.29) is 5.56 Å². The van der Waals surface area contributed by atoms with E-state index in [1.54, 1.807) is 6.07 Å². The van der Waals surface area contributed by atoms with Gasteiger partial charge in [-0.2, -0.15) is 0 Å². The van der Waals surface area contributed by atoms with Crippen molar-refractivity contribution in [3.8, 4) is 0 Å². The molecule has 0 aliphatic heterocycles. The summed E-state index contributed by atoms with van der Waals surface area (Å²) in [5.74, 6) is 0. The van der Waals surface area contributed by atoms with Crippen molar-refractivity contribution in [3.63, 3.8) is 0 Å². The van der Waals surface area contributed by atoms with Gasteiger partial charge in [0.15, 0.2) is 9.56 Å². The highest BCUT2D eigenvalue weighted by molar-refractivity contribution is 9.11. The molecule has 0 unspecified atom stereocenters. The molecule has 0 spiro atoms. The fourth-order valence-corrected chi connectivity index (χ4v) is 2.71. The Bertz CT molecular complexity index is 490. The lowest BCUT2D eigenvalue weighted by molar-refractivity contribution is 1.23. The second kappa shape index (κ2) is 2.93. The standard InChI is InChI=1S/C6H2Br2N2OS/c7-2-1-3-4(9-5(2)11)10-6(8)12-3/h1H,(H,9,11). The molecule has 0 bridgehead atoms. The normalized spacial score (nSPS) is 10.8. The number of hydrogen-bond acceptors (Lipinski definition) is 3. The van der Waals surface area contributed by atoms with Crippen molar-refractivity contribution < 1.29 is 0 Å². The van der Waals surface area contributed by atoms with Gasteiger partial charge >= 0.3 is 0 Å². The molecule has 2 heterocycles. The molecular weight excluding hydrogens is 308 g/mol. The molecule has 0 aliphatic carbocycles. The first-order chi connectivity index (χ1) is 5.66. The molecular formula is C6H2Br2N2OS. The van der Waals surface area contributed by atoms with Gasteiger partial charge in [-0.05, 0) is 37.9 Å². The quantitative estimate of drug-likeness (QED) is 0.813. The molecule has 0 aliphatic rings. The maximum atomic E-state index is 11.1. The maximum absolute atomic E-state index is 11.1. The van der Waals surface area contributed by atoms with Crippen molar-refractivity contribution in [2.45, 2.75) is 0 Å². The van der Waals surface area contributed by atoms with Crippen LogP contribution in [0.2, 0.25) is 0 Å². The third-order valence-electron chi connectivity index (χ3n) is 1.33. The molecule has 1 N–H and O–H groups in total. The van der Waals surface area contributed by atoms with E-state index in [0.29, 0.717) is 10.1 Å². The Labute approximate surface area is 88.1 Å². The zero-order valence-corrected chi connectivity index (χ0v) is 9.59. The highest BCUT2D eigenvalue weighted by Gasteiger charge is 2.04. The Morgan fingerprint density at radius 3 is 3.00 bits per heavy atom. The van der Waals surface area contributed by atoms with Gasteiger partial charge in [0.25, 0.3) is 5.56 Å². The number of nitrogens with zero attached hydrogens (tertiary/aromatic N) is 1. The molecule has 2 aromatic rings. The smallest absolute Gasteiger partial charge is 0.263 e. The highest BCUT2D eigenvalue weighted by atomic mass is 79.9. The van der Waals surface area contributed by atoms with Crippen molar-refractivity contribution in [2.75, 3.05) is 0 Å². The molecule has 2 aromatic heterocycles. The number of H-pyrrole nitrogens is 1. The molecule has 0 fully saturated rings. The predicted molar refractivity (Wildman–Crippen MR) is 55.6 cm³/mol. The van der Waals surface area contributed by atoms with Gasteiger partial charge in [-0.25, -0.2) is 4.98 Å². The van der Waals surface area contributed by atoms with E-state index < -0.39 is 0 Å². The fraction of sp³-hybridized carbons (Fsp3) is 0. The number of halogens is 2. The lowest BCUT2D eigenvalue weighted by Gasteiger charge is -1.87. The third-order valence-corrected chi connectivity index (χ3v) is 3.38. The average molecular weight is 310 g/mol.